The van der Waals surface area contributed by atoms with Crippen LogP contribution < -0.4 is 10.2 Å². The summed E-state index contributed by atoms with van der Waals surface area (Å²) in [6, 6.07) is 25.5. The molecular formula is C34H46N4O2. The van der Waals surface area contributed by atoms with Crippen LogP contribution in [0.25, 0.3) is 0 Å². The van der Waals surface area contributed by atoms with Gasteiger partial charge in [-0.2, -0.15) is 0 Å². The highest BCUT2D eigenvalue weighted by Crippen LogP contribution is 2.25. The molecule has 4 rings (SSSR count). The molecule has 2 aromatic carbocycles. The molecule has 1 saturated heterocycles. The van der Waals surface area contributed by atoms with E-state index in [0.717, 1.165) is 70.0 Å². The molecule has 1 aliphatic heterocycles. The van der Waals surface area contributed by atoms with Crippen LogP contribution in [0, 0.1) is 12.8 Å². The maximum Gasteiger partial charge on any atom is 0.410 e. The summed E-state index contributed by atoms with van der Waals surface area (Å²) in [4.78, 5) is 21.8. The minimum atomic E-state index is -0.445. The van der Waals surface area contributed by atoms with Gasteiger partial charge in [-0.3, -0.25) is 0 Å². The maximum absolute atomic E-state index is 12.5. The number of amides is 1. The van der Waals surface area contributed by atoms with Crippen molar-refractivity contribution < 1.29 is 9.53 Å². The predicted molar refractivity (Wildman–Crippen MR) is 165 cm³/mol. The van der Waals surface area contributed by atoms with Crippen LogP contribution in [0.3, 0.4) is 0 Å². The number of nitrogens with zero attached hydrogens (tertiary/aromatic N) is 3. The second-order valence-electron chi connectivity index (χ2n) is 12.1. The molecule has 6 heteroatoms. The molecule has 1 aromatic heterocycles. The molecule has 0 radical (unpaired) electrons. The molecule has 0 aliphatic carbocycles. The van der Waals surface area contributed by atoms with Crippen molar-refractivity contribution in [2.75, 3.05) is 29.9 Å². The largest absolute Gasteiger partial charge is 0.444 e. The highest BCUT2D eigenvalue weighted by Gasteiger charge is 2.27. The summed E-state index contributed by atoms with van der Waals surface area (Å²) >= 11 is 0. The van der Waals surface area contributed by atoms with Gasteiger partial charge >= 0.3 is 6.09 Å². The zero-order valence-corrected chi connectivity index (χ0v) is 24.7. The van der Waals surface area contributed by atoms with Crippen molar-refractivity contribution in [3.63, 3.8) is 0 Å². The highest BCUT2D eigenvalue weighted by atomic mass is 16.6. The number of unbranched alkanes of at least 4 members (excludes halogenated alkanes) is 1. The van der Waals surface area contributed by atoms with Gasteiger partial charge in [-0.1, -0.05) is 67.1 Å². The van der Waals surface area contributed by atoms with E-state index in [-0.39, 0.29) is 6.09 Å². The molecular weight excluding hydrogens is 496 g/mol. The molecule has 1 fully saturated rings. The molecule has 1 unspecified atom stereocenters. The van der Waals surface area contributed by atoms with E-state index in [1.165, 1.54) is 23.1 Å². The number of hydrogen-bond donors (Lipinski definition) is 1. The van der Waals surface area contributed by atoms with E-state index in [1.54, 1.807) is 0 Å². The van der Waals surface area contributed by atoms with E-state index < -0.39 is 5.60 Å². The Labute approximate surface area is 240 Å². The maximum atomic E-state index is 12.5. The molecule has 0 bridgehead atoms. The van der Waals surface area contributed by atoms with Gasteiger partial charge in [0.05, 0.1) is 0 Å². The molecule has 3 aromatic rings. The topological polar surface area (TPSA) is 57.7 Å². The monoisotopic (exact) mass is 542 g/mol. The number of piperidine rings is 1. The van der Waals surface area contributed by atoms with E-state index in [1.807, 2.05) is 25.7 Å². The first-order valence-electron chi connectivity index (χ1n) is 14.8. The summed E-state index contributed by atoms with van der Waals surface area (Å²) in [5.74, 6) is 2.46. The van der Waals surface area contributed by atoms with Gasteiger partial charge in [0.2, 0.25) is 0 Å². The zero-order chi connectivity index (χ0) is 28.4. The number of likely N-dealkylation sites (tertiary alicyclic amines) is 1. The molecule has 0 spiro atoms. The fourth-order valence-electron chi connectivity index (χ4n) is 5.29. The van der Waals surface area contributed by atoms with Crippen molar-refractivity contribution in [3.05, 3.63) is 89.5 Å². The average molecular weight is 543 g/mol. The third-order valence-electron chi connectivity index (χ3n) is 7.23. The summed E-state index contributed by atoms with van der Waals surface area (Å²) in [6.45, 7) is 12.0. The Morgan fingerprint density at radius 2 is 1.65 bits per heavy atom. The van der Waals surface area contributed by atoms with E-state index in [9.17, 15) is 4.79 Å². The first-order valence-corrected chi connectivity index (χ1v) is 14.8. The van der Waals surface area contributed by atoms with E-state index >= 15 is 0 Å². The molecule has 1 aliphatic rings. The predicted octanol–water partition coefficient (Wildman–Crippen LogP) is 7.83. The van der Waals surface area contributed by atoms with Gasteiger partial charge in [0, 0.05) is 32.7 Å². The summed E-state index contributed by atoms with van der Waals surface area (Å²) in [5, 5.41) is 3.58. The Hall–Kier alpha value is -3.54. The van der Waals surface area contributed by atoms with Crippen LogP contribution >= 0.6 is 0 Å². The number of ether oxygens (including phenoxy) is 1. The lowest BCUT2D eigenvalue weighted by molar-refractivity contribution is 0.0160. The molecule has 2 heterocycles. The number of nitrogens with one attached hydrogen (secondary N) is 1. The molecule has 1 amide bonds. The Morgan fingerprint density at radius 1 is 1.00 bits per heavy atom. The van der Waals surface area contributed by atoms with Crippen molar-refractivity contribution in [1.82, 2.24) is 9.88 Å². The lowest BCUT2D eigenvalue weighted by atomic mass is 9.93. The van der Waals surface area contributed by atoms with Gasteiger partial charge in [-0.25, -0.2) is 9.78 Å². The van der Waals surface area contributed by atoms with Crippen LogP contribution in [0.1, 0.15) is 69.6 Å². The number of aryl methyl sites for hydroxylation is 1. The van der Waals surface area contributed by atoms with Gasteiger partial charge in [0.15, 0.2) is 0 Å². The molecule has 214 valence electrons. The summed E-state index contributed by atoms with van der Waals surface area (Å²) in [6.07, 6.45) is 5.41. The summed E-state index contributed by atoms with van der Waals surface area (Å²) in [7, 11) is 0. The van der Waals surface area contributed by atoms with Crippen molar-refractivity contribution in [2.45, 2.75) is 78.5 Å². The third-order valence-corrected chi connectivity index (χ3v) is 7.23. The number of anilines is 2. The second kappa shape index (κ2) is 14.2. The van der Waals surface area contributed by atoms with Gasteiger partial charge in [0.25, 0.3) is 0 Å². The van der Waals surface area contributed by atoms with Gasteiger partial charge in [0.1, 0.15) is 17.2 Å². The van der Waals surface area contributed by atoms with Crippen LogP contribution in [0.4, 0.5) is 16.4 Å². The van der Waals surface area contributed by atoms with Crippen LogP contribution in [0.2, 0.25) is 0 Å². The fraction of sp³-hybridized carbons (Fsp3) is 0.471. The Kier molecular flexibility index (Phi) is 10.5. The van der Waals surface area contributed by atoms with E-state index in [4.69, 9.17) is 9.72 Å². The molecule has 40 heavy (non-hydrogen) atoms. The number of hydrogen-bond acceptors (Lipinski definition) is 5. The van der Waals surface area contributed by atoms with Crippen molar-refractivity contribution in [3.8, 4) is 0 Å². The number of benzene rings is 2. The van der Waals surface area contributed by atoms with Crippen LogP contribution in [-0.4, -0.2) is 41.2 Å². The smallest absolute Gasteiger partial charge is 0.410 e. The SMILES string of the molecule is Cc1cc(NCCCCC2CCCN(C(=O)OC(C)(C)C)C2)nc(N(Cc2ccccc2)Cc2ccccc2)c1. The van der Waals surface area contributed by atoms with Gasteiger partial charge < -0.3 is 19.9 Å². The lowest BCUT2D eigenvalue weighted by Crippen LogP contribution is -2.42. The molecule has 6 nitrogen and oxygen atoms in total. The van der Waals surface area contributed by atoms with Crippen LogP contribution in [0.5, 0.6) is 0 Å². The van der Waals surface area contributed by atoms with Gasteiger partial charge in [-0.05, 0) is 88.1 Å². The second-order valence-corrected chi connectivity index (χ2v) is 12.1. The number of carbonyl (C=O) groups is 1. The molecule has 0 saturated carbocycles. The Balaban J connectivity index is 1.30. The highest BCUT2D eigenvalue weighted by molar-refractivity contribution is 5.68. The number of carbonyl (C=O) groups excluding carboxylic acids is 1. The quantitative estimate of drug-likeness (QED) is 0.250. The third kappa shape index (κ3) is 9.58. The van der Waals surface area contributed by atoms with Crippen LogP contribution in [-0.2, 0) is 17.8 Å². The zero-order valence-electron chi connectivity index (χ0n) is 24.7. The Morgan fingerprint density at radius 3 is 2.27 bits per heavy atom. The number of pyridine rings is 1. The summed E-state index contributed by atoms with van der Waals surface area (Å²) < 4.78 is 5.59. The van der Waals surface area contributed by atoms with Crippen molar-refractivity contribution >= 4 is 17.7 Å². The van der Waals surface area contributed by atoms with E-state index in [2.05, 4.69) is 89.9 Å². The summed E-state index contributed by atoms with van der Waals surface area (Å²) in [5.41, 5.74) is 3.29. The van der Waals surface area contributed by atoms with E-state index in [0.29, 0.717) is 5.92 Å². The standard InChI is InChI=1S/C34H46N4O2/c1-27-22-31(35-20-12-11-18-30-19-13-21-37(24-30)33(39)40-34(2,3)4)36-32(23-27)38(25-28-14-7-5-8-15-28)26-29-16-9-6-10-17-29/h5-10,14-17,22-23,30H,11-13,18-21,24-26H2,1-4H3,(H,35,36). The van der Waals surface area contributed by atoms with Crippen molar-refractivity contribution in [1.29, 1.82) is 0 Å². The average Bonchev–Trinajstić information content (AvgIpc) is 2.93. The number of rotatable bonds is 11. The first-order chi connectivity index (χ1) is 19.2. The van der Waals surface area contributed by atoms with Crippen LogP contribution in [0.15, 0.2) is 72.8 Å². The minimum Gasteiger partial charge on any atom is -0.444 e. The Bertz CT molecular complexity index is 1150. The number of aromatic nitrogens is 1. The molecule has 1 N–H and O–H groups in total. The fourth-order valence-corrected chi connectivity index (χ4v) is 5.29. The molecule has 1 atom stereocenters. The lowest BCUT2D eigenvalue weighted by Gasteiger charge is -2.34. The van der Waals surface area contributed by atoms with Gasteiger partial charge in [-0.15, -0.1) is 0 Å². The van der Waals surface area contributed by atoms with Crippen molar-refractivity contribution in [2.24, 2.45) is 5.92 Å². The minimum absolute atomic E-state index is 0.172. The first kappa shape index (κ1) is 29.4. The normalized spacial score (nSPS) is 15.5.